The molecule has 2 aliphatic heterocycles. The first-order chi connectivity index (χ1) is 13.5. The van der Waals surface area contributed by atoms with Crippen LogP contribution in [0.5, 0.6) is 0 Å². The molecule has 1 aromatic rings. The van der Waals surface area contributed by atoms with Crippen LogP contribution in [0.2, 0.25) is 10.0 Å². The molecule has 1 saturated carbocycles. The Kier molecular flexibility index (Phi) is 6.19. The Labute approximate surface area is 176 Å². The lowest BCUT2D eigenvalue weighted by atomic mass is 9.99. The van der Waals surface area contributed by atoms with Crippen molar-refractivity contribution in [3.8, 4) is 0 Å². The van der Waals surface area contributed by atoms with Crippen molar-refractivity contribution in [2.75, 3.05) is 33.4 Å². The molecule has 28 heavy (non-hydrogen) atoms. The van der Waals surface area contributed by atoms with Gasteiger partial charge in [0.05, 0.1) is 23.3 Å². The fourth-order valence-electron chi connectivity index (χ4n) is 4.97. The number of likely N-dealkylation sites (N-methyl/N-ethyl adjacent to an activating group) is 1. The van der Waals surface area contributed by atoms with E-state index < -0.39 is 5.79 Å². The lowest BCUT2D eigenvalue weighted by Gasteiger charge is -2.38. The first-order valence-corrected chi connectivity index (χ1v) is 11.0. The van der Waals surface area contributed by atoms with Gasteiger partial charge in [-0.1, -0.05) is 23.2 Å². The van der Waals surface area contributed by atoms with Gasteiger partial charge in [-0.25, -0.2) is 0 Å². The number of halogens is 2. The van der Waals surface area contributed by atoms with Gasteiger partial charge in [0, 0.05) is 37.5 Å². The third kappa shape index (κ3) is 4.05. The number of amides is 1. The molecule has 154 valence electrons. The van der Waals surface area contributed by atoms with Crippen LogP contribution in [-0.2, 0) is 9.47 Å². The number of benzene rings is 1. The first-order valence-electron chi connectivity index (χ1n) is 10.2. The van der Waals surface area contributed by atoms with Crippen molar-refractivity contribution in [1.82, 2.24) is 9.80 Å². The highest BCUT2D eigenvalue weighted by Crippen LogP contribution is 2.38. The summed E-state index contributed by atoms with van der Waals surface area (Å²) in [6.07, 6.45) is 6.01. The average molecular weight is 427 g/mol. The molecule has 3 aliphatic rings. The normalized spacial score (nSPS) is 27.8. The smallest absolute Gasteiger partial charge is 0.253 e. The summed E-state index contributed by atoms with van der Waals surface area (Å²) >= 11 is 12.2. The molecule has 2 saturated heterocycles. The zero-order valence-corrected chi connectivity index (χ0v) is 17.8. The molecule has 2 unspecified atom stereocenters. The van der Waals surface area contributed by atoms with Crippen LogP contribution in [0.25, 0.3) is 0 Å². The maximum Gasteiger partial charge on any atom is 0.253 e. The van der Waals surface area contributed by atoms with Crippen molar-refractivity contribution >= 4 is 29.1 Å². The van der Waals surface area contributed by atoms with Gasteiger partial charge in [0.2, 0.25) is 0 Å². The minimum absolute atomic E-state index is 0.0167. The molecule has 3 fully saturated rings. The number of nitrogens with zero attached hydrogens (tertiary/aromatic N) is 2. The Morgan fingerprint density at radius 1 is 1.11 bits per heavy atom. The number of carbonyl (C=O) groups excluding carboxylic acids is 1. The molecule has 1 aliphatic carbocycles. The lowest BCUT2D eigenvalue weighted by molar-refractivity contribution is -0.166. The zero-order chi connectivity index (χ0) is 19.7. The molecule has 0 bridgehead atoms. The standard InChI is InChI=1S/C21H28Cl2N2O3/c1-24(20(26)15-4-5-16(22)17(23)14-15)18-6-8-21(27-12-13-28-21)9-7-19(18)25-10-2-3-11-25/h4-5,14,18-19H,2-3,6-13H2,1H3. The first kappa shape index (κ1) is 20.4. The molecular weight excluding hydrogens is 399 g/mol. The van der Waals surface area contributed by atoms with Gasteiger partial charge in [0.25, 0.3) is 5.91 Å². The number of carbonyl (C=O) groups is 1. The monoisotopic (exact) mass is 426 g/mol. The predicted molar refractivity (Wildman–Crippen MR) is 110 cm³/mol. The molecule has 1 amide bonds. The summed E-state index contributed by atoms with van der Waals surface area (Å²) in [5, 5.41) is 0.868. The van der Waals surface area contributed by atoms with Crippen molar-refractivity contribution in [3.63, 3.8) is 0 Å². The van der Waals surface area contributed by atoms with Gasteiger partial charge in [-0.05, 0) is 57.0 Å². The summed E-state index contributed by atoms with van der Waals surface area (Å²) in [7, 11) is 1.91. The van der Waals surface area contributed by atoms with E-state index in [9.17, 15) is 4.79 Å². The Morgan fingerprint density at radius 3 is 2.46 bits per heavy atom. The lowest BCUT2D eigenvalue weighted by Crippen LogP contribution is -2.51. The fraction of sp³-hybridized carbons (Fsp3) is 0.667. The SMILES string of the molecule is CN(C(=O)c1ccc(Cl)c(Cl)c1)C1CCC2(CCC1N1CCCC1)OCCO2. The van der Waals surface area contributed by atoms with Gasteiger partial charge in [0.15, 0.2) is 5.79 Å². The number of likely N-dealkylation sites (tertiary alicyclic amines) is 1. The van der Waals surface area contributed by atoms with E-state index in [4.69, 9.17) is 32.7 Å². The molecular formula is C21H28Cl2N2O3. The molecule has 5 nitrogen and oxygen atoms in total. The summed E-state index contributed by atoms with van der Waals surface area (Å²) in [6.45, 7) is 3.53. The molecule has 0 aromatic heterocycles. The van der Waals surface area contributed by atoms with Gasteiger partial charge in [-0.15, -0.1) is 0 Å². The summed E-state index contributed by atoms with van der Waals surface area (Å²) in [5.41, 5.74) is 0.574. The number of hydrogen-bond donors (Lipinski definition) is 0. The molecule has 2 atom stereocenters. The van der Waals surface area contributed by atoms with Gasteiger partial charge >= 0.3 is 0 Å². The van der Waals surface area contributed by atoms with Crippen LogP contribution < -0.4 is 0 Å². The highest BCUT2D eigenvalue weighted by Gasteiger charge is 2.44. The fourth-order valence-corrected chi connectivity index (χ4v) is 5.26. The van der Waals surface area contributed by atoms with E-state index in [1.807, 2.05) is 11.9 Å². The highest BCUT2D eigenvalue weighted by atomic mass is 35.5. The predicted octanol–water partition coefficient (Wildman–Crippen LogP) is 4.22. The van der Waals surface area contributed by atoms with Gasteiger partial charge in [-0.2, -0.15) is 0 Å². The Balaban J connectivity index is 1.57. The third-order valence-electron chi connectivity index (χ3n) is 6.49. The quantitative estimate of drug-likeness (QED) is 0.725. The van der Waals surface area contributed by atoms with Gasteiger partial charge < -0.3 is 14.4 Å². The van der Waals surface area contributed by atoms with Crippen molar-refractivity contribution in [2.24, 2.45) is 0 Å². The van der Waals surface area contributed by atoms with E-state index in [0.29, 0.717) is 34.9 Å². The molecule has 4 rings (SSSR count). The van der Waals surface area contributed by atoms with Crippen LogP contribution in [-0.4, -0.2) is 66.9 Å². The second-order valence-corrected chi connectivity index (χ2v) is 8.92. The van der Waals surface area contributed by atoms with E-state index >= 15 is 0 Å². The van der Waals surface area contributed by atoms with Crippen molar-refractivity contribution in [3.05, 3.63) is 33.8 Å². The molecule has 0 N–H and O–H groups in total. The van der Waals surface area contributed by atoms with E-state index in [0.717, 1.165) is 38.8 Å². The van der Waals surface area contributed by atoms with Crippen LogP contribution in [0.4, 0.5) is 0 Å². The van der Waals surface area contributed by atoms with Crippen LogP contribution in [0.3, 0.4) is 0 Å². The molecule has 1 aromatic carbocycles. The van der Waals surface area contributed by atoms with Gasteiger partial charge in [-0.3, -0.25) is 9.69 Å². The number of ether oxygens (including phenoxy) is 2. The average Bonchev–Trinajstić information content (AvgIpc) is 3.34. The van der Waals surface area contributed by atoms with Crippen molar-refractivity contribution < 1.29 is 14.3 Å². The summed E-state index contributed by atoms with van der Waals surface area (Å²) in [6, 6.07) is 5.54. The largest absolute Gasteiger partial charge is 0.348 e. The maximum absolute atomic E-state index is 13.2. The second-order valence-electron chi connectivity index (χ2n) is 8.11. The van der Waals surface area contributed by atoms with E-state index in [2.05, 4.69) is 4.90 Å². The summed E-state index contributed by atoms with van der Waals surface area (Å²) < 4.78 is 12.0. The second kappa shape index (κ2) is 8.49. The third-order valence-corrected chi connectivity index (χ3v) is 7.23. The number of hydrogen-bond acceptors (Lipinski definition) is 4. The number of rotatable bonds is 3. The highest BCUT2D eigenvalue weighted by molar-refractivity contribution is 6.42. The molecule has 0 radical (unpaired) electrons. The topological polar surface area (TPSA) is 42.0 Å². The molecule has 1 spiro atoms. The minimum atomic E-state index is -0.458. The Bertz CT molecular complexity index is 718. The van der Waals surface area contributed by atoms with Crippen LogP contribution in [0.15, 0.2) is 18.2 Å². The zero-order valence-electron chi connectivity index (χ0n) is 16.3. The summed E-state index contributed by atoms with van der Waals surface area (Å²) in [4.78, 5) is 17.7. The van der Waals surface area contributed by atoms with Crippen LogP contribution >= 0.6 is 23.2 Å². The maximum atomic E-state index is 13.2. The molecule has 2 heterocycles. The van der Waals surface area contributed by atoms with Crippen molar-refractivity contribution in [1.29, 1.82) is 0 Å². The summed E-state index contributed by atoms with van der Waals surface area (Å²) in [5.74, 6) is -0.475. The Morgan fingerprint density at radius 2 is 1.79 bits per heavy atom. The van der Waals surface area contributed by atoms with Crippen LogP contribution in [0.1, 0.15) is 48.9 Å². The van der Waals surface area contributed by atoms with E-state index in [1.165, 1.54) is 12.8 Å². The Hall–Kier alpha value is -0.850. The minimum Gasteiger partial charge on any atom is -0.348 e. The molecule has 7 heteroatoms. The van der Waals surface area contributed by atoms with Gasteiger partial charge in [0.1, 0.15) is 0 Å². The van der Waals surface area contributed by atoms with E-state index in [-0.39, 0.29) is 11.9 Å². The van der Waals surface area contributed by atoms with Crippen molar-refractivity contribution in [2.45, 2.75) is 56.4 Å². The van der Waals surface area contributed by atoms with E-state index in [1.54, 1.807) is 18.2 Å². The van der Waals surface area contributed by atoms with Crippen LogP contribution in [0, 0.1) is 0 Å².